The minimum Gasteiger partial charge on any atom is -0.393 e. The Morgan fingerprint density at radius 1 is 1.59 bits per heavy atom. The number of rotatable bonds is 4. The molecule has 0 bridgehead atoms. The number of benzene rings is 1. The van der Waals surface area contributed by atoms with E-state index in [2.05, 4.69) is 4.98 Å². The molecule has 0 saturated heterocycles. The molecule has 0 saturated carbocycles. The standard InChI is InChI=1S/C11H12N2O3S/c1-2-8(14)5-7-3-4-9-10(12-6-17-9)11(7)13(15)16/h3-4,6,8,14H,2,5H2,1H3. The van der Waals surface area contributed by atoms with E-state index in [-0.39, 0.29) is 5.69 Å². The van der Waals surface area contributed by atoms with Crippen molar-refractivity contribution in [2.24, 2.45) is 0 Å². The summed E-state index contributed by atoms with van der Waals surface area (Å²) in [4.78, 5) is 14.7. The predicted octanol–water partition coefficient (Wildman–Crippen LogP) is 2.52. The van der Waals surface area contributed by atoms with Gasteiger partial charge in [0.25, 0.3) is 5.69 Å². The molecule has 2 rings (SSSR count). The molecule has 1 aromatic heterocycles. The number of nitrogens with zero attached hydrogens (tertiary/aromatic N) is 2. The average molecular weight is 252 g/mol. The molecule has 17 heavy (non-hydrogen) atoms. The second kappa shape index (κ2) is 4.77. The zero-order valence-corrected chi connectivity index (χ0v) is 10.1. The largest absolute Gasteiger partial charge is 0.393 e. The number of hydrogen-bond acceptors (Lipinski definition) is 5. The van der Waals surface area contributed by atoms with Crippen LogP contribution in [-0.4, -0.2) is 21.1 Å². The van der Waals surface area contributed by atoms with Crippen LogP contribution >= 0.6 is 11.3 Å². The average Bonchev–Trinajstić information content (AvgIpc) is 2.75. The molecule has 0 amide bonds. The second-order valence-corrected chi connectivity index (χ2v) is 4.68. The molecule has 6 heteroatoms. The third-order valence-corrected chi connectivity index (χ3v) is 3.46. The number of aliphatic hydroxyl groups is 1. The van der Waals surface area contributed by atoms with Gasteiger partial charge in [-0.3, -0.25) is 10.1 Å². The zero-order chi connectivity index (χ0) is 12.4. The quantitative estimate of drug-likeness (QED) is 0.670. The Labute approximate surface area is 102 Å². The molecular formula is C11H12N2O3S. The number of thiazole rings is 1. The fourth-order valence-corrected chi connectivity index (χ4v) is 2.40. The third-order valence-electron chi connectivity index (χ3n) is 2.67. The highest BCUT2D eigenvalue weighted by atomic mass is 32.1. The lowest BCUT2D eigenvalue weighted by Crippen LogP contribution is -2.10. The van der Waals surface area contributed by atoms with E-state index in [4.69, 9.17) is 0 Å². The van der Waals surface area contributed by atoms with E-state index in [1.807, 2.05) is 13.0 Å². The van der Waals surface area contributed by atoms with Gasteiger partial charge in [-0.1, -0.05) is 13.0 Å². The number of nitro groups is 1. The van der Waals surface area contributed by atoms with Gasteiger partial charge >= 0.3 is 0 Å². The van der Waals surface area contributed by atoms with Gasteiger partial charge in [-0.05, 0) is 12.5 Å². The minimum atomic E-state index is -0.551. The molecule has 0 aliphatic heterocycles. The number of aliphatic hydroxyl groups excluding tert-OH is 1. The van der Waals surface area contributed by atoms with Crippen LogP contribution in [0.25, 0.3) is 10.2 Å². The van der Waals surface area contributed by atoms with Crippen LogP contribution < -0.4 is 0 Å². The summed E-state index contributed by atoms with van der Waals surface area (Å²) in [6.07, 6.45) is 0.316. The Hall–Kier alpha value is -1.53. The van der Waals surface area contributed by atoms with Gasteiger partial charge in [0, 0.05) is 12.0 Å². The molecule has 1 N–H and O–H groups in total. The zero-order valence-electron chi connectivity index (χ0n) is 9.29. The molecule has 0 fully saturated rings. The Morgan fingerprint density at radius 3 is 3.00 bits per heavy atom. The van der Waals surface area contributed by atoms with E-state index in [9.17, 15) is 15.2 Å². The van der Waals surface area contributed by atoms with E-state index in [0.717, 1.165) is 4.70 Å². The molecule has 1 aromatic carbocycles. The maximum Gasteiger partial charge on any atom is 0.299 e. The molecule has 1 unspecified atom stereocenters. The van der Waals surface area contributed by atoms with Crippen molar-refractivity contribution in [1.82, 2.24) is 4.98 Å². The van der Waals surface area contributed by atoms with Crippen LogP contribution in [0.3, 0.4) is 0 Å². The summed E-state index contributed by atoms with van der Waals surface area (Å²) in [6.45, 7) is 1.85. The fraction of sp³-hybridized carbons (Fsp3) is 0.364. The van der Waals surface area contributed by atoms with E-state index < -0.39 is 11.0 Å². The Bertz CT molecular complexity index is 553. The van der Waals surface area contributed by atoms with E-state index in [1.54, 1.807) is 11.6 Å². The van der Waals surface area contributed by atoms with Crippen LogP contribution in [0.15, 0.2) is 17.6 Å². The van der Waals surface area contributed by atoms with Crippen molar-refractivity contribution in [2.75, 3.05) is 0 Å². The first kappa shape index (κ1) is 11.9. The van der Waals surface area contributed by atoms with Crippen LogP contribution in [-0.2, 0) is 6.42 Å². The normalized spacial score (nSPS) is 12.8. The molecule has 1 heterocycles. The van der Waals surface area contributed by atoms with E-state index in [0.29, 0.717) is 23.9 Å². The molecule has 0 aliphatic carbocycles. The highest BCUT2D eigenvalue weighted by Crippen LogP contribution is 2.31. The summed E-state index contributed by atoms with van der Waals surface area (Å²) >= 11 is 1.37. The predicted molar refractivity (Wildman–Crippen MR) is 66.3 cm³/mol. The molecule has 2 aromatic rings. The molecule has 90 valence electrons. The van der Waals surface area contributed by atoms with Gasteiger partial charge in [0.05, 0.1) is 21.2 Å². The lowest BCUT2D eigenvalue weighted by molar-refractivity contribution is -0.384. The van der Waals surface area contributed by atoms with Crippen molar-refractivity contribution < 1.29 is 10.0 Å². The summed E-state index contributed by atoms with van der Waals surface area (Å²) in [6, 6.07) is 3.52. The first-order chi connectivity index (χ1) is 8.13. The van der Waals surface area contributed by atoms with Crippen LogP contribution in [0.1, 0.15) is 18.9 Å². The van der Waals surface area contributed by atoms with Gasteiger partial charge in [-0.25, -0.2) is 4.98 Å². The van der Waals surface area contributed by atoms with Gasteiger partial charge < -0.3 is 5.11 Å². The van der Waals surface area contributed by atoms with E-state index >= 15 is 0 Å². The van der Waals surface area contributed by atoms with Crippen molar-refractivity contribution in [3.05, 3.63) is 33.3 Å². The van der Waals surface area contributed by atoms with Crippen LogP contribution in [0.4, 0.5) is 5.69 Å². The molecule has 0 spiro atoms. The first-order valence-electron chi connectivity index (χ1n) is 5.31. The van der Waals surface area contributed by atoms with Crippen LogP contribution in [0.5, 0.6) is 0 Å². The fourth-order valence-electron chi connectivity index (χ4n) is 1.73. The van der Waals surface area contributed by atoms with Crippen molar-refractivity contribution >= 4 is 27.2 Å². The van der Waals surface area contributed by atoms with Gasteiger partial charge in [0.2, 0.25) is 0 Å². The summed E-state index contributed by atoms with van der Waals surface area (Å²) < 4.78 is 0.798. The van der Waals surface area contributed by atoms with Gasteiger partial charge in [0.1, 0.15) is 0 Å². The SMILES string of the molecule is CCC(O)Cc1ccc2scnc2c1[N+](=O)[O-]. The maximum absolute atomic E-state index is 11.1. The molecule has 0 radical (unpaired) electrons. The van der Waals surface area contributed by atoms with Gasteiger partial charge in [-0.2, -0.15) is 0 Å². The number of hydrogen-bond donors (Lipinski definition) is 1. The highest BCUT2D eigenvalue weighted by Gasteiger charge is 2.21. The molecule has 1 atom stereocenters. The summed E-state index contributed by atoms with van der Waals surface area (Å²) in [5.74, 6) is 0. The first-order valence-corrected chi connectivity index (χ1v) is 6.19. The Morgan fingerprint density at radius 2 is 2.35 bits per heavy atom. The van der Waals surface area contributed by atoms with Gasteiger partial charge in [-0.15, -0.1) is 11.3 Å². The third kappa shape index (κ3) is 2.27. The van der Waals surface area contributed by atoms with Gasteiger partial charge in [0.15, 0.2) is 5.52 Å². The number of nitro benzene ring substituents is 1. The lowest BCUT2D eigenvalue weighted by Gasteiger charge is -2.08. The smallest absolute Gasteiger partial charge is 0.299 e. The topological polar surface area (TPSA) is 76.3 Å². The highest BCUT2D eigenvalue weighted by molar-refractivity contribution is 7.16. The summed E-state index contributed by atoms with van der Waals surface area (Å²) in [5, 5.41) is 20.7. The Balaban J connectivity index is 2.54. The van der Waals surface area contributed by atoms with Crippen molar-refractivity contribution in [3.63, 3.8) is 0 Å². The molecular weight excluding hydrogens is 240 g/mol. The van der Waals surface area contributed by atoms with Crippen LogP contribution in [0, 0.1) is 10.1 Å². The summed E-state index contributed by atoms with van der Waals surface area (Å²) in [5.41, 5.74) is 2.58. The lowest BCUT2D eigenvalue weighted by atomic mass is 10.0. The molecule has 0 aliphatic rings. The maximum atomic E-state index is 11.1. The monoisotopic (exact) mass is 252 g/mol. The van der Waals surface area contributed by atoms with Crippen LogP contribution in [0.2, 0.25) is 0 Å². The minimum absolute atomic E-state index is 0.0243. The van der Waals surface area contributed by atoms with Crippen molar-refractivity contribution in [1.29, 1.82) is 0 Å². The number of aromatic nitrogens is 1. The van der Waals surface area contributed by atoms with Crippen molar-refractivity contribution in [2.45, 2.75) is 25.9 Å². The second-order valence-electron chi connectivity index (χ2n) is 3.80. The Kier molecular flexibility index (Phi) is 3.35. The molecule has 5 nitrogen and oxygen atoms in total. The van der Waals surface area contributed by atoms with E-state index in [1.165, 1.54) is 11.3 Å². The van der Waals surface area contributed by atoms with Crippen molar-refractivity contribution in [3.8, 4) is 0 Å². The summed E-state index contributed by atoms with van der Waals surface area (Å²) in [7, 11) is 0. The number of fused-ring (bicyclic) bond motifs is 1.